The number of ether oxygens (including phenoxy) is 2. The summed E-state index contributed by atoms with van der Waals surface area (Å²) >= 11 is 0. The zero-order chi connectivity index (χ0) is 22.9. The molecule has 2 unspecified atom stereocenters. The van der Waals surface area contributed by atoms with Gasteiger partial charge >= 0.3 is 18.5 Å². The van der Waals surface area contributed by atoms with E-state index in [4.69, 9.17) is 9.47 Å². The number of esters is 1. The molecule has 13 heteroatoms. The van der Waals surface area contributed by atoms with E-state index in [9.17, 15) is 33.1 Å². The number of carboxylic acid groups (broad SMARTS) is 1. The van der Waals surface area contributed by atoms with Crippen LogP contribution in [0.5, 0.6) is 0 Å². The highest BCUT2D eigenvalue weighted by molar-refractivity contribution is 6.02. The van der Waals surface area contributed by atoms with Crippen LogP contribution in [-0.2, 0) is 23.9 Å². The van der Waals surface area contributed by atoms with Crippen LogP contribution in [0.3, 0.4) is 0 Å². The number of rotatable bonds is 6. The van der Waals surface area contributed by atoms with Crippen LogP contribution in [0.1, 0.15) is 20.4 Å². The topological polar surface area (TPSA) is 133 Å². The minimum absolute atomic E-state index is 0.0222. The Kier molecular flexibility index (Phi) is 5.88. The van der Waals surface area contributed by atoms with Crippen molar-refractivity contribution in [2.75, 3.05) is 18.1 Å². The minimum atomic E-state index is -3.04. The van der Waals surface area contributed by atoms with Gasteiger partial charge in [0.2, 0.25) is 6.10 Å². The number of nitrogens with zero attached hydrogens (tertiary/aromatic N) is 4. The molecule has 31 heavy (non-hydrogen) atoms. The fourth-order valence-electron chi connectivity index (χ4n) is 3.13. The number of carbonyl (C=O) groups is 3. The van der Waals surface area contributed by atoms with Crippen LogP contribution >= 0.6 is 0 Å². The van der Waals surface area contributed by atoms with E-state index in [1.165, 1.54) is 29.9 Å². The number of amides is 1. The van der Waals surface area contributed by atoms with Gasteiger partial charge in [-0.3, -0.25) is 23.9 Å². The Morgan fingerprint density at radius 1 is 1.29 bits per heavy atom. The highest BCUT2D eigenvalue weighted by Gasteiger charge is 2.53. The second-order valence-corrected chi connectivity index (χ2v) is 6.77. The largest absolute Gasteiger partial charge is 0.478 e. The molecular formula is C18H18F2N4O7. The molecule has 0 spiro atoms. The maximum Gasteiger partial charge on any atom is 0.348 e. The van der Waals surface area contributed by atoms with Gasteiger partial charge in [-0.2, -0.15) is 8.78 Å². The Balaban J connectivity index is 1.92. The summed E-state index contributed by atoms with van der Waals surface area (Å²) in [6.45, 7) is -0.896. The molecule has 3 rings (SSSR count). The molecule has 2 aromatic heterocycles. The lowest BCUT2D eigenvalue weighted by Gasteiger charge is -2.40. The lowest BCUT2D eigenvalue weighted by molar-refractivity contribution is -0.193. The predicted molar refractivity (Wildman–Crippen MR) is 99.0 cm³/mol. The second-order valence-electron chi connectivity index (χ2n) is 6.77. The molecule has 0 aliphatic carbocycles. The number of hydrogen-bond acceptors (Lipinski definition) is 7. The van der Waals surface area contributed by atoms with Crippen LogP contribution in [0.2, 0.25) is 0 Å². The van der Waals surface area contributed by atoms with Gasteiger partial charge in [-0.1, -0.05) is 0 Å². The first kappa shape index (κ1) is 22.1. The summed E-state index contributed by atoms with van der Waals surface area (Å²) in [4.78, 5) is 48.6. The summed E-state index contributed by atoms with van der Waals surface area (Å²) in [7, 11) is 0. The van der Waals surface area contributed by atoms with Gasteiger partial charge in [0, 0.05) is 31.5 Å². The molecule has 0 saturated carbocycles. The summed E-state index contributed by atoms with van der Waals surface area (Å²) in [5.74, 6) is -3.19. The summed E-state index contributed by atoms with van der Waals surface area (Å²) in [6.07, 6.45) is 0.402. The standard InChI is InChI=1S/C18H18F2N4O7/c1-10(25)31-14(15(27)28)18(2)16(29)22(7-8-30-18)12-5-6-24(21-12)11-3-4-13(26)23(9-11)17(19)20/h3-6,9,14,17H,7-8H2,1-2H3,(H,27,28). The van der Waals surface area contributed by atoms with Gasteiger partial charge < -0.3 is 14.6 Å². The molecule has 3 heterocycles. The van der Waals surface area contributed by atoms with Gasteiger partial charge in [0.05, 0.1) is 18.8 Å². The van der Waals surface area contributed by atoms with Gasteiger partial charge in [-0.15, -0.1) is 5.10 Å². The van der Waals surface area contributed by atoms with Crippen molar-refractivity contribution in [2.24, 2.45) is 0 Å². The van der Waals surface area contributed by atoms with Crippen molar-refractivity contribution in [1.29, 1.82) is 0 Å². The lowest BCUT2D eigenvalue weighted by Crippen LogP contribution is -2.63. The second kappa shape index (κ2) is 8.26. The monoisotopic (exact) mass is 440 g/mol. The molecule has 2 atom stereocenters. The van der Waals surface area contributed by atoms with Gasteiger partial charge in [0.15, 0.2) is 11.4 Å². The normalized spacial score (nSPS) is 20.0. The van der Waals surface area contributed by atoms with Gasteiger partial charge in [-0.25, -0.2) is 9.48 Å². The number of anilines is 1. The van der Waals surface area contributed by atoms with Crippen LogP contribution in [0.25, 0.3) is 5.69 Å². The molecule has 0 aromatic carbocycles. The van der Waals surface area contributed by atoms with Crippen LogP contribution < -0.4 is 10.5 Å². The fourth-order valence-corrected chi connectivity index (χ4v) is 3.13. The SMILES string of the molecule is CC(=O)OC(C(=O)O)C1(C)OCCN(c2ccn(-c3ccc(=O)n(C(F)F)c3)n2)C1=O. The summed E-state index contributed by atoms with van der Waals surface area (Å²) in [5.41, 5.74) is -2.77. The van der Waals surface area contributed by atoms with Crippen molar-refractivity contribution in [3.05, 3.63) is 40.9 Å². The number of morpholine rings is 1. The highest BCUT2D eigenvalue weighted by Crippen LogP contribution is 2.29. The molecule has 1 aliphatic rings. The van der Waals surface area contributed by atoms with Crippen molar-refractivity contribution >= 4 is 23.7 Å². The molecule has 1 aliphatic heterocycles. The number of carboxylic acids is 1. The third-order valence-corrected chi connectivity index (χ3v) is 4.64. The van der Waals surface area contributed by atoms with E-state index in [-0.39, 0.29) is 29.2 Å². The number of aliphatic carboxylic acids is 1. The third kappa shape index (κ3) is 4.17. The Bertz CT molecular complexity index is 1080. The van der Waals surface area contributed by atoms with Crippen molar-refractivity contribution in [3.63, 3.8) is 0 Å². The van der Waals surface area contributed by atoms with Gasteiger partial charge in [-0.05, 0) is 13.0 Å². The number of alkyl halides is 2. The predicted octanol–water partition coefficient (Wildman–Crippen LogP) is 0.567. The van der Waals surface area contributed by atoms with Crippen molar-refractivity contribution in [3.8, 4) is 5.69 Å². The van der Waals surface area contributed by atoms with Crippen molar-refractivity contribution in [2.45, 2.75) is 32.1 Å². The first-order valence-electron chi connectivity index (χ1n) is 8.97. The molecule has 0 bridgehead atoms. The zero-order valence-electron chi connectivity index (χ0n) is 16.4. The molecular weight excluding hydrogens is 422 g/mol. The maximum absolute atomic E-state index is 13.1. The Hall–Kier alpha value is -3.61. The molecule has 1 fully saturated rings. The Morgan fingerprint density at radius 2 is 2.00 bits per heavy atom. The number of aromatic nitrogens is 3. The number of pyridine rings is 1. The van der Waals surface area contributed by atoms with E-state index in [0.717, 1.165) is 24.1 Å². The Morgan fingerprint density at radius 3 is 2.61 bits per heavy atom. The van der Waals surface area contributed by atoms with E-state index < -0.39 is 41.7 Å². The smallest absolute Gasteiger partial charge is 0.348 e. The lowest BCUT2D eigenvalue weighted by atomic mass is 9.95. The first-order valence-corrected chi connectivity index (χ1v) is 8.97. The van der Waals surface area contributed by atoms with Gasteiger partial charge in [0.1, 0.15) is 0 Å². The maximum atomic E-state index is 13.1. The van der Waals surface area contributed by atoms with Crippen molar-refractivity contribution in [1.82, 2.24) is 14.3 Å². The van der Waals surface area contributed by atoms with E-state index in [0.29, 0.717) is 0 Å². The molecule has 1 saturated heterocycles. The van der Waals surface area contributed by atoms with Crippen LogP contribution in [0.4, 0.5) is 14.6 Å². The van der Waals surface area contributed by atoms with Crippen LogP contribution in [0, 0.1) is 0 Å². The average Bonchev–Trinajstić information content (AvgIpc) is 3.18. The molecule has 166 valence electrons. The summed E-state index contributed by atoms with van der Waals surface area (Å²) in [5, 5.41) is 13.6. The fraction of sp³-hybridized carbons (Fsp3) is 0.389. The molecule has 11 nitrogen and oxygen atoms in total. The van der Waals surface area contributed by atoms with E-state index >= 15 is 0 Å². The van der Waals surface area contributed by atoms with Gasteiger partial charge in [0.25, 0.3) is 11.5 Å². The third-order valence-electron chi connectivity index (χ3n) is 4.64. The molecule has 1 amide bonds. The molecule has 2 aromatic rings. The number of hydrogen-bond donors (Lipinski definition) is 1. The number of carbonyl (C=O) groups excluding carboxylic acids is 2. The molecule has 1 N–H and O–H groups in total. The summed E-state index contributed by atoms with van der Waals surface area (Å²) < 4.78 is 37.5. The Labute approximate surface area is 173 Å². The van der Waals surface area contributed by atoms with E-state index in [2.05, 4.69) is 5.10 Å². The van der Waals surface area contributed by atoms with Crippen LogP contribution in [0.15, 0.2) is 35.4 Å². The van der Waals surface area contributed by atoms with Crippen LogP contribution in [-0.4, -0.2) is 62.2 Å². The molecule has 0 radical (unpaired) electrons. The minimum Gasteiger partial charge on any atom is -0.478 e. The quantitative estimate of drug-likeness (QED) is 0.645. The zero-order valence-corrected chi connectivity index (χ0v) is 16.4. The van der Waals surface area contributed by atoms with E-state index in [1.54, 1.807) is 0 Å². The first-order chi connectivity index (χ1) is 14.5. The van der Waals surface area contributed by atoms with Crippen molar-refractivity contribution < 1.29 is 37.7 Å². The number of halogens is 2. The average molecular weight is 440 g/mol. The highest BCUT2D eigenvalue weighted by atomic mass is 19.3. The summed E-state index contributed by atoms with van der Waals surface area (Å²) in [6, 6.07) is 3.64. The van der Waals surface area contributed by atoms with E-state index in [1.807, 2.05) is 0 Å².